The maximum absolute atomic E-state index is 5.65. The van der Waals surface area contributed by atoms with Crippen molar-refractivity contribution in [1.29, 1.82) is 0 Å². The third-order valence-corrected chi connectivity index (χ3v) is 3.91. The Morgan fingerprint density at radius 2 is 2.33 bits per heavy atom. The number of aryl methyl sites for hydroxylation is 1. The second-order valence-electron chi connectivity index (χ2n) is 5.26. The van der Waals surface area contributed by atoms with Crippen molar-refractivity contribution in [2.45, 2.75) is 39.3 Å². The Kier molecular flexibility index (Phi) is 2.90. The number of piperazine rings is 1. The minimum atomic E-state index is 0.523. The maximum Gasteiger partial charge on any atom is 0.140 e. The molecule has 98 valence electrons. The summed E-state index contributed by atoms with van der Waals surface area (Å²) in [5, 5.41) is 3.49. The van der Waals surface area contributed by atoms with Gasteiger partial charge in [0.1, 0.15) is 11.6 Å². The summed E-state index contributed by atoms with van der Waals surface area (Å²) in [4.78, 5) is 7.26. The van der Waals surface area contributed by atoms with E-state index in [4.69, 9.17) is 9.72 Å². The van der Waals surface area contributed by atoms with Crippen LogP contribution in [0.1, 0.15) is 25.1 Å². The zero-order valence-electron chi connectivity index (χ0n) is 11.4. The lowest BCUT2D eigenvalue weighted by Crippen LogP contribution is -2.55. The van der Waals surface area contributed by atoms with Crippen LogP contribution >= 0.6 is 0 Å². The van der Waals surface area contributed by atoms with Crippen LogP contribution in [0.4, 0.5) is 5.82 Å². The molecule has 18 heavy (non-hydrogen) atoms. The van der Waals surface area contributed by atoms with E-state index in [1.807, 2.05) is 13.8 Å². The molecule has 1 unspecified atom stereocenters. The Balaban J connectivity index is 1.99. The lowest BCUT2D eigenvalue weighted by Gasteiger charge is -2.37. The Bertz CT molecular complexity index is 461. The highest BCUT2D eigenvalue weighted by Gasteiger charge is 2.36. The van der Waals surface area contributed by atoms with E-state index in [0.29, 0.717) is 18.7 Å². The molecular weight excluding hydrogens is 226 g/mol. The van der Waals surface area contributed by atoms with Crippen molar-refractivity contribution in [1.82, 2.24) is 10.3 Å². The number of hydrogen-bond acceptors (Lipinski definition) is 4. The molecular formula is C14H21N3O. The fourth-order valence-electron chi connectivity index (χ4n) is 3.11. The molecule has 2 aliphatic rings. The van der Waals surface area contributed by atoms with Crippen LogP contribution in [0.2, 0.25) is 0 Å². The summed E-state index contributed by atoms with van der Waals surface area (Å²) in [5.41, 5.74) is 2.34. The molecule has 0 aliphatic carbocycles. The van der Waals surface area contributed by atoms with Crippen LogP contribution in [-0.2, 0) is 6.42 Å². The number of aromatic nitrogens is 1. The van der Waals surface area contributed by atoms with Gasteiger partial charge < -0.3 is 15.0 Å². The molecule has 1 saturated heterocycles. The third-order valence-electron chi connectivity index (χ3n) is 3.91. The minimum absolute atomic E-state index is 0.523. The smallest absolute Gasteiger partial charge is 0.140 e. The molecule has 3 heterocycles. The second-order valence-corrected chi connectivity index (χ2v) is 5.26. The summed E-state index contributed by atoms with van der Waals surface area (Å²) < 4.78 is 5.65. The monoisotopic (exact) mass is 247 g/mol. The summed E-state index contributed by atoms with van der Waals surface area (Å²) in [5.74, 6) is 2.12. The maximum atomic E-state index is 5.65. The molecule has 0 bridgehead atoms. The molecule has 2 atom stereocenters. The SMILES string of the molecule is CCOc1cc2c(nc1C)N1C(CNC[C@H]1C)C2. The predicted octanol–water partition coefficient (Wildman–Crippen LogP) is 1.51. The van der Waals surface area contributed by atoms with E-state index in [2.05, 4.69) is 23.2 Å². The van der Waals surface area contributed by atoms with Crippen molar-refractivity contribution in [3.05, 3.63) is 17.3 Å². The molecule has 1 aromatic rings. The molecule has 4 heteroatoms. The highest BCUT2D eigenvalue weighted by molar-refractivity contribution is 5.58. The molecule has 0 spiro atoms. The number of rotatable bonds is 2. The molecule has 3 rings (SSSR count). The van der Waals surface area contributed by atoms with Crippen molar-refractivity contribution >= 4 is 5.82 Å². The molecule has 0 radical (unpaired) electrons. The Labute approximate surface area is 108 Å². The summed E-state index contributed by atoms with van der Waals surface area (Å²) in [6, 6.07) is 3.27. The molecule has 0 aromatic carbocycles. The topological polar surface area (TPSA) is 37.4 Å². The lowest BCUT2D eigenvalue weighted by molar-refractivity contribution is 0.336. The standard InChI is InChI=1S/C14H21N3O/c1-4-18-13-6-11-5-12-8-15-7-9(2)17(12)14(11)16-10(13)3/h6,9,12,15H,4-5,7-8H2,1-3H3/t9-,12?/m1/s1. The van der Waals surface area contributed by atoms with Gasteiger partial charge in [0.2, 0.25) is 0 Å². The molecule has 1 fully saturated rings. The first kappa shape index (κ1) is 11.8. The van der Waals surface area contributed by atoms with Gasteiger partial charge in [-0.3, -0.25) is 0 Å². The lowest BCUT2D eigenvalue weighted by atomic mass is 10.1. The van der Waals surface area contributed by atoms with Crippen molar-refractivity contribution in [2.24, 2.45) is 0 Å². The van der Waals surface area contributed by atoms with Gasteiger partial charge in [-0.05, 0) is 33.3 Å². The molecule has 2 aliphatic heterocycles. The van der Waals surface area contributed by atoms with Crippen LogP contribution in [0.15, 0.2) is 6.07 Å². The van der Waals surface area contributed by atoms with Gasteiger partial charge in [-0.15, -0.1) is 0 Å². The fourth-order valence-corrected chi connectivity index (χ4v) is 3.11. The average Bonchev–Trinajstić information content (AvgIpc) is 2.69. The van der Waals surface area contributed by atoms with E-state index in [1.165, 1.54) is 11.4 Å². The van der Waals surface area contributed by atoms with E-state index >= 15 is 0 Å². The molecule has 1 N–H and O–H groups in total. The molecule has 1 aromatic heterocycles. The third kappa shape index (κ3) is 1.75. The first-order chi connectivity index (χ1) is 8.70. The summed E-state index contributed by atoms with van der Waals surface area (Å²) in [6.07, 6.45) is 1.08. The van der Waals surface area contributed by atoms with Crippen LogP contribution in [-0.4, -0.2) is 36.8 Å². The van der Waals surface area contributed by atoms with Gasteiger partial charge in [0.05, 0.1) is 12.3 Å². The van der Waals surface area contributed by atoms with Crippen LogP contribution < -0.4 is 15.0 Å². The van der Waals surface area contributed by atoms with Gasteiger partial charge >= 0.3 is 0 Å². The number of nitrogens with zero attached hydrogens (tertiary/aromatic N) is 2. The summed E-state index contributed by atoms with van der Waals surface area (Å²) in [6.45, 7) is 9.12. The largest absolute Gasteiger partial charge is 0.492 e. The number of anilines is 1. The first-order valence-electron chi connectivity index (χ1n) is 6.83. The summed E-state index contributed by atoms with van der Waals surface area (Å²) >= 11 is 0. The predicted molar refractivity (Wildman–Crippen MR) is 72.4 cm³/mol. The number of nitrogens with one attached hydrogen (secondary N) is 1. The Hall–Kier alpha value is -1.29. The van der Waals surface area contributed by atoms with Crippen LogP contribution in [0, 0.1) is 6.92 Å². The molecule has 4 nitrogen and oxygen atoms in total. The highest BCUT2D eigenvalue weighted by Crippen LogP contribution is 2.36. The van der Waals surface area contributed by atoms with E-state index in [1.54, 1.807) is 0 Å². The van der Waals surface area contributed by atoms with Crippen LogP contribution in [0.5, 0.6) is 5.75 Å². The van der Waals surface area contributed by atoms with Crippen molar-refractivity contribution < 1.29 is 4.74 Å². The zero-order valence-corrected chi connectivity index (χ0v) is 11.4. The summed E-state index contributed by atoms with van der Waals surface area (Å²) in [7, 11) is 0. The molecule has 0 saturated carbocycles. The quantitative estimate of drug-likeness (QED) is 0.859. The van der Waals surface area contributed by atoms with E-state index in [9.17, 15) is 0 Å². The Morgan fingerprint density at radius 3 is 3.11 bits per heavy atom. The van der Waals surface area contributed by atoms with Gasteiger partial charge in [-0.2, -0.15) is 0 Å². The number of hydrogen-bond donors (Lipinski definition) is 1. The van der Waals surface area contributed by atoms with E-state index in [-0.39, 0.29) is 0 Å². The van der Waals surface area contributed by atoms with Gasteiger partial charge in [-0.25, -0.2) is 4.98 Å². The van der Waals surface area contributed by atoms with E-state index in [0.717, 1.165) is 31.0 Å². The molecule has 0 amide bonds. The van der Waals surface area contributed by atoms with Crippen molar-refractivity contribution in [3.63, 3.8) is 0 Å². The van der Waals surface area contributed by atoms with Crippen molar-refractivity contribution in [2.75, 3.05) is 24.6 Å². The van der Waals surface area contributed by atoms with Crippen LogP contribution in [0.3, 0.4) is 0 Å². The van der Waals surface area contributed by atoms with Gasteiger partial charge in [-0.1, -0.05) is 0 Å². The zero-order chi connectivity index (χ0) is 12.7. The average molecular weight is 247 g/mol. The van der Waals surface area contributed by atoms with Crippen LogP contribution in [0.25, 0.3) is 0 Å². The highest BCUT2D eigenvalue weighted by atomic mass is 16.5. The number of pyridine rings is 1. The normalized spacial score (nSPS) is 25.8. The van der Waals surface area contributed by atoms with E-state index < -0.39 is 0 Å². The van der Waals surface area contributed by atoms with Gasteiger partial charge in [0.15, 0.2) is 0 Å². The van der Waals surface area contributed by atoms with Gasteiger partial charge in [0.25, 0.3) is 0 Å². The van der Waals surface area contributed by atoms with Gasteiger partial charge in [0, 0.05) is 30.7 Å². The number of fused-ring (bicyclic) bond motifs is 3. The first-order valence-corrected chi connectivity index (χ1v) is 6.83. The fraction of sp³-hybridized carbons (Fsp3) is 0.643. The Morgan fingerprint density at radius 1 is 1.50 bits per heavy atom. The number of ether oxygens (including phenoxy) is 1. The second kappa shape index (κ2) is 4.43. The van der Waals surface area contributed by atoms with Crippen molar-refractivity contribution in [3.8, 4) is 5.75 Å². The minimum Gasteiger partial charge on any atom is -0.492 e.